The number of hydrogen-bond acceptors (Lipinski definition) is 2. The summed E-state index contributed by atoms with van der Waals surface area (Å²) in [5.41, 5.74) is 5.37. The Balaban J connectivity index is 2.79. The smallest absolute Gasteiger partial charge is 0.368 e. The Kier molecular flexibility index (Phi) is 4.36. The van der Waals surface area contributed by atoms with Crippen molar-refractivity contribution >= 4 is 17.5 Å². The standard InChI is InChI=1S/C10H10ClF3N2O/c11-7-3-1-6(2-4-7)8(9(15)17)16-5-10(12,13)14/h1-4,8,16H,5H2,(H2,15,17). The first-order valence-corrected chi connectivity index (χ1v) is 5.02. The summed E-state index contributed by atoms with van der Waals surface area (Å²) in [5.74, 6) is -0.878. The molecule has 1 aromatic rings. The molecule has 7 heteroatoms. The van der Waals surface area contributed by atoms with Crippen LogP contribution < -0.4 is 11.1 Å². The van der Waals surface area contributed by atoms with E-state index in [1.165, 1.54) is 24.3 Å². The third-order valence-electron chi connectivity index (χ3n) is 1.99. The molecule has 0 radical (unpaired) electrons. The Morgan fingerprint density at radius 3 is 2.29 bits per heavy atom. The van der Waals surface area contributed by atoms with Gasteiger partial charge in [0.2, 0.25) is 5.91 Å². The maximum absolute atomic E-state index is 12.0. The minimum atomic E-state index is -4.40. The molecule has 0 aliphatic rings. The summed E-state index contributed by atoms with van der Waals surface area (Å²) >= 11 is 5.63. The lowest BCUT2D eigenvalue weighted by atomic mass is 10.1. The molecule has 0 aliphatic carbocycles. The molecular formula is C10H10ClF3N2O. The fraction of sp³-hybridized carbons (Fsp3) is 0.300. The Morgan fingerprint density at radius 2 is 1.88 bits per heavy atom. The van der Waals surface area contributed by atoms with E-state index in [0.29, 0.717) is 10.6 Å². The lowest BCUT2D eigenvalue weighted by molar-refractivity contribution is -0.130. The van der Waals surface area contributed by atoms with Crippen LogP contribution in [-0.2, 0) is 4.79 Å². The van der Waals surface area contributed by atoms with E-state index in [9.17, 15) is 18.0 Å². The Hall–Kier alpha value is -1.27. The van der Waals surface area contributed by atoms with Gasteiger partial charge in [0.15, 0.2) is 0 Å². The van der Waals surface area contributed by atoms with E-state index >= 15 is 0 Å². The number of rotatable bonds is 4. The molecule has 0 aliphatic heterocycles. The number of primary amides is 1. The molecule has 1 amide bonds. The summed E-state index contributed by atoms with van der Waals surface area (Å²) in [4.78, 5) is 11.1. The van der Waals surface area contributed by atoms with Crippen LogP contribution in [0.3, 0.4) is 0 Å². The maximum Gasteiger partial charge on any atom is 0.401 e. The van der Waals surface area contributed by atoms with Gasteiger partial charge < -0.3 is 5.73 Å². The first-order chi connectivity index (χ1) is 7.79. The summed E-state index contributed by atoms with van der Waals surface area (Å²) in [6.07, 6.45) is -4.40. The van der Waals surface area contributed by atoms with Crippen molar-refractivity contribution in [2.75, 3.05) is 6.54 Å². The molecule has 0 saturated carbocycles. The average Bonchev–Trinajstić information content (AvgIpc) is 2.18. The van der Waals surface area contributed by atoms with Gasteiger partial charge in [-0.3, -0.25) is 10.1 Å². The minimum Gasteiger partial charge on any atom is -0.368 e. The van der Waals surface area contributed by atoms with Gasteiger partial charge in [-0.15, -0.1) is 0 Å². The van der Waals surface area contributed by atoms with Crippen molar-refractivity contribution in [2.45, 2.75) is 12.2 Å². The zero-order chi connectivity index (χ0) is 13.1. The molecule has 0 bridgehead atoms. The predicted octanol–water partition coefficient (Wildman–Crippen LogP) is 2.02. The summed E-state index contributed by atoms with van der Waals surface area (Å²) in [6, 6.07) is 4.65. The van der Waals surface area contributed by atoms with Crippen molar-refractivity contribution < 1.29 is 18.0 Å². The van der Waals surface area contributed by atoms with Crippen LogP contribution in [0, 0.1) is 0 Å². The minimum absolute atomic E-state index is 0.339. The number of carbonyl (C=O) groups is 1. The monoisotopic (exact) mass is 266 g/mol. The van der Waals surface area contributed by atoms with Gasteiger partial charge in [-0.1, -0.05) is 23.7 Å². The molecule has 1 aromatic carbocycles. The van der Waals surface area contributed by atoms with Crippen LogP contribution in [0.25, 0.3) is 0 Å². The van der Waals surface area contributed by atoms with E-state index in [1.54, 1.807) is 0 Å². The molecular weight excluding hydrogens is 257 g/mol. The normalized spacial score (nSPS) is 13.4. The molecule has 0 fully saturated rings. The third kappa shape index (κ3) is 4.62. The molecule has 0 spiro atoms. The topological polar surface area (TPSA) is 55.1 Å². The van der Waals surface area contributed by atoms with Crippen LogP contribution in [0.4, 0.5) is 13.2 Å². The van der Waals surface area contributed by atoms with Crippen LogP contribution >= 0.6 is 11.6 Å². The SMILES string of the molecule is NC(=O)C(NCC(F)(F)F)c1ccc(Cl)cc1. The maximum atomic E-state index is 12.0. The van der Waals surface area contributed by atoms with Crippen molar-refractivity contribution in [1.29, 1.82) is 0 Å². The summed E-state index contributed by atoms with van der Waals surface area (Å²) in [5, 5.41) is 2.48. The number of alkyl halides is 3. The second-order valence-corrected chi connectivity index (χ2v) is 3.82. The van der Waals surface area contributed by atoms with Gasteiger partial charge in [0.05, 0.1) is 6.54 Å². The van der Waals surface area contributed by atoms with E-state index in [4.69, 9.17) is 17.3 Å². The highest BCUT2D eigenvalue weighted by molar-refractivity contribution is 6.30. The molecule has 0 heterocycles. The quantitative estimate of drug-likeness (QED) is 0.876. The second kappa shape index (κ2) is 5.37. The van der Waals surface area contributed by atoms with Crippen molar-refractivity contribution in [3.05, 3.63) is 34.9 Å². The van der Waals surface area contributed by atoms with Gasteiger partial charge in [-0.25, -0.2) is 0 Å². The summed E-state index contributed by atoms with van der Waals surface area (Å²) in [7, 11) is 0. The van der Waals surface area contributed by atoms with Crippen molar-refractivity contribution in [3.8, 4) is 0 Å². The lowest BCUT2D eigenvalue weighted by Gasteiger charge is -2.17. The zero-order valence-corrected chi connectivity index (χ0v) is 9.35. The molecule has 0 aromatic heterocycles. The Morgan fingerprint density at radius 1 is 1.35 bits per heavy atom. The highest BCUT2D eigenvalue weighted by Crippen LogP contribution is 2.19. The van der Waals surface area contributed by atoms with Crippen LogP contribution in [0.1, 0.15) is 11.6 Å². The summed E-state index contributed by atoms with van der Waals surface area (Å²) in [6.45, 7) is -1.29. The van der Waals surface area contributed by atoms with E-state index < -0.39 is 24.7 Å². The van der Waals surface area contributed by atoms with Crippen molar-refractivity contribution in [1.82, 2.24) is 5.32 Å². The molecule has 1 rings (SSSR count). The fourth-order valence-corrected chi connectivity index (χ4v) is 1.38. The number of hydrogen-bond donors (Lipinski definition) is 2. The largest absolute Gasteiger partial charge is 0.401 e. The molecule has 1 unspecified atom stereocenters. The highest BCUT2D eigenvalue weighted by Gasteiger charge is 2.29. The first kappa shape index (κ1) is 13.8. The number of nitrogens with one attached hydrogen (secondary N) is 1. The van der Waals surface area contributed by atoms with E-state index in [0.717, 1.165) is 0 Å². The number of nitrogens with two attached hydrogens (primary N) is 1. The third-order valence-corrected chi connectivity index (χ3v) is 2.25. The van der Waals surface area contributed by atoms with E-state index in [2.05, 4.69) is 5.32 Å². The van der Waals surface area contributed by atoms with Gasteiger partial charge in [0.1, 0.15) is 6.04 Å². The van der Waals surface area contributed by atoms with Gasteiger partial charge in [-0.05, 0) is 17.7 Å². The van der Waals surface area contributed by atoms with Crippen LogP contribution in [0.5, 0.6) is 0 Å². The Bertz CT molecular complexity index is 392. The van der Waals surface area contributed by atoms with Gasteiger partial charge in [0, 0.05) is 5.02 Å². The highest BCUT2D eigenvalue weighted by atomic mass is 35.5. The van der Waals surface area contributed by atoms with Crippen LogP contribution in [0.2, 0.25) is 5.02 Å². The van der Waals surface area contributed by atoms with Crippen molar-refractivity contribution in [2.24, 2.45) is 5.73 Å². The molecule has 1 atom stereocenters. The second-order valence-electron chi connectivity index (χ2n) is 3.38. The van der Waals surface area contributed by atoms with E-state index in [-0.39, 0.29) is 0 Å². The molecule has 3 N–H and O–H groups in total. The molecule has 17 heavy (non-hydrogen) atoms. The number of benzene rings is 1. The first-order valence-electron chi connectivity index (χ1n) is 4.64. The molecule has 94 valence electrons. The summed E-state index contributed by atoms with van der Waals surface area (Å²) < 4.78 is 36.1. The van der Waals surface area contributed by atoms with Gasteiger partial charge in [-0.2, -0.15) is 13.2 Å². The van der Waals surface area contributed by atoms with Crippen LogP contribution in [-0.4, -0.2) is 18.6 Å². The van der Waals surface area contributed by atoms with E-state index in [1.807, 2.05) is 0 Å². The predicted molar refractivity (Wildman–Crippen MR) is 57.4 cm³/mol. The fourth-order valence-electron chi connectivity index (χ4n) is 1.26. The number of halogens is 4. The van der Waals surface area contributed by atoms with Crippen LogP contribution in [0.15, 0.2) is 24.3 Å². The molecule has 0 saturated heterocycles. The lowest BCUT2D eigenvalue weighted by Crippen LogP contribution is -2.38. The van der Waals surface area contributed by atoms with Gasteiger partial charge >= 0.3 is 6.18 Å². The van der Waals surface area contributed by atoms with Crippen molar-refractivity contribution in [3.63, 3.8) is 0 Å². The average molecular weight is 267 g/mol. The zero-order valence-electron chi connectivity index (χ0n) is 8.59. The number of carbonyl (C=O) groups excluding carboxylic acids is 1. The Labute approximate surface area is 101 Å². The molecule has 3 nitrogen and oxygen atoms in total. The van der Waals surface area contributed by atoms with Gasteiger partial charge in [0.25, 0.3) is 0 Å². The number of amides is 1.